The van der Waals surface area contributed by atoms with E-state index < -0.39 is 5.97 Å². The maximum atomic E-state index is 11.5. The van der Waals surface area contributed by atoms with Crippen LogP contribution < -0.4 is 18.9 Å². The number of fused-ring (bicyclic) bond motifs is 1. The van der Waals surface area contributed by atoms with E-state index in [2.05, 4.69) is 4.98 Å². The largest absolute Gasteiger partial charge is 0.494 e. The molecule has 7 heteroatoms. The second kappa shape index (κ2) is 8.12. The number of carboxylic acid groups (broad SMARTS) is 1. The minimum atomic E-state index is -0.920. The zero-order chi connectivity index (χ0) is 20.3. The van der Waals surface area contributed by atoms with Crippen molar-refractivity contribution in [2.24, 2.45) is 0 Å². The molecule has 2 aromatic carbocycles. The smallest absolute Gasteiger partial charge is 0.307 e. The zero-order valence-electron chi connectivity index (χ0n) is 16.3. The Morgan fingerprint density at radius 2 is 1.71 bits per heavy atom. The van der Waals surface area contributed by atoms with Gasteiger partial charge in [0.05, 0.1) is 40.1 Å². The number of rotatable bonds is 8. The molecular weight excluding hydrogens is 362 g/mol. The molecule has 0 radical (unpaired) electrons. The first-order valence-electron chi connectivity index (χ1n) is 8.81. The summed E-state index contributed by atoms with van der Waals surface area (Å²) in [7, 11) is 4.62. The summed E-state index contributed by atoms with van der Waals surface area (Å²) in [6.07, 6.45) is -0.137. The first-order valence-corrected chi connectivity index (χ1v) is 8.81. The highest BCUT2D eigenvalue weighted by molar-refractivity contribution is 5.95. The number of methoxy groups -OCH3 is 3. The molecule has 28 heavy (non-hydrogen) atoms. The van der Waals surface area contributed by atoms with Gasteiger partial charge in [-0.1, -0.05) is 0 Å². The molecule has 0 fully saturated rings. The molecule has 2 N–H and O–H groups in total. The third-order valence-corrected chi connectivity index (χ3v) is 4.47. The van der Waals surface area contributed by atoms with E-state index >= 15 is 0 Å². The Hall–Kier alpha value is -3.35. The number of hydrogen-bond acceptors (Lipinski definition) is 5. The standard InChI is InChI=1S/C21H23NO6/c1-5-28-13-6-7-16-14(10-13)15(11-19(23)24)20(22-16)12-8-17(25-2)21(27-4)18(9-12)26-3/h6-10,22H,5,11H2,1-4H3,(H,23,24). The van der Waals surface area contributed by atoms with Crippen LogP contribution in [0.5, 0.6) is 23.0 Å². The Bertz CT molecular complexity index is 983. The van der Waals surface area contributed by atoms with Gasteiger partial charge in [-0.25, -0.2) is 0 Å². The fourth-order valence-electron chi connectivity index (χ4n) is 3.29. The number of ether oxygens (including phenoxy) is 4. The molecule has 0 saturated heterocycles. The number of hydrogen-bond donors (Lipinski definition) is 2. The fourth-order valence-corrected chi connectivity index (χ4v) is 3.29. The summed E-state index contributed by atoms with van der Waals surface area (Å²) in [4.78, 5) is 14.9. The van der Waals surface area contributed by atoms with E-state index in [1.165, 1.54) is 7.11 Å². The fraction of sp³-hybridized carbons (Fsp3) is 0.286. The molecule has 3 rings (SSSR count). The molecule has 0 aliphatic carbocycles. The van der Waals surface area contributed by atoms with E-state index in [1.54, 1.807) is 26.4 Å². The first-order chi connectivity index (χ1) is 13.5. The molecule has 148 valence electrons. The van der Waals surface area contributed by atoms with Gasteiger partial charge in [0, 0.05) is 16.5 Å². The number of carbonyl (C=O) groups is 1. The van der Waals surface area contributed by atoms with Gasteiger partial charge in [-0.05, 0) is 42.8 Å². The summed E-state index contributed by atoms with van der Waals surface area (Å²) < 4.78 is 21.8. The minimum Gasteiger partial charge on any atom is -0.494 e. The van der Waals surface area contributed by atoms with Crippen LogP contribution in [0.25, 0.3) is 22.2 Å². The predicted molar refractivity (Wildman–Crippen MR) is 106 cm³/mol. The van der Waals surface area contributed by atoms with Gasteiger partial charge in [-0.15, -0.1) is 0 Å². The molecule has 0 spiro atoms. The predicted octanol–water partition coefficient (Wildman–Crippen LogP) is 3.89. The van der Waals surface area contributed by atoms with Crippen molar-refractivity contribution in [1.82, 2.24) is 4.98 Å². The van der Waals surface area contributed by atoms with Crippen LogP contribution in [0.1, 0.15) is 12.5 Å². The second-order valence-corrected chi connectivity index (χ2v) is 6.10. The highest BCUT2D eigenvalue weighted by atomic mass is 16.5. The Morgan fingerprint density at radius 1 is 1.04 bits per heavy atom. The van der Waals surface area contributed by atoms with Crippen molar-refractivity contribution in [3.05, 3.63) is 35.9 Å². The van der Waals surface area contributed by atoms with Gasteiger partial charge < -0.3 is 29.0 Å². The molecular formula is C21H23NO6. The van der Waals surface area contributed by atoms with Gasteiger partial charge in [0.1, 0.15) is 5.75 Å². The first kappa shape index (κ1) is 19.4. The molecule has 7 nitrogen and oxygen atoms in total. The van der Waals surface area contributed by atoms with Crippen molar-refractivity contribution in [3.8, 4) is 34.3 Å². The van der Waals surface area contributed by atoms with Crippen LogP contribution in [-0.2, 0) is 11.2 Å². The molecule has 1 heterocycles. The third-order valence-electron chi connectivity index (χ3n) is 4.47. The van der Waals surface area contributed by atoms with E-state index in [4.69, 9.17) is 18.9 Å². The Balaban J connectivity index is 2.25. The normalized spacial score (nSPS) is 10.7. The van der Waals surface area contributed by atoms with Gasteiger partial charge in [-0.2, -0.15) is 0 Å². The summed E-state index contributed by atoms with van der Waals surface area (Å²) in [6.45, 7) is 2.44. The second-order valence-electron chi connectivity index (χ2n) is 6.10. The van der Waals surface area contributed by atoms with Crippen molar-refractivity contribution in [1.29, 1.82) is 0 Å². The van der Waals surface area contributed by atoms with Crippen LogP contribution in [0.4, 0.5) is 0 Å². The Labute approximate surface area is 162 Å². The lowest BCUT2D eigenvalue weighted by molar-refractivity contribution is -0.136. The van der Waals surface area contributed by atoms with E-state index in [0.29, 0.717) is 40.9 Å². The molecule has 1 aromatic heterocycles. The number of aromatic amines is 1. The van der Waals surface area contributed by atoms with Crippen molar-refractivity contribution >= 4 is 16.9 Å². The number of aliphatic carboxylic acids is 1. The average Bonchev–Trinajstić information content (AvgIpc) is 3.04. The monoisotopic (exact) mass is 385 g/mol. The maximum Gasteiger partial charge on any atom is 0.307 e. The lowest BCUT2D eigenvalue weighted by atomic mass is 10.0. The molecule has 0 saturated carbocycles. The van der Waals surface area contributed by atoms with Crippen molar-refractivity contribution < 1.29 is 28.8 Å². The van der Waals surface area contributed by atoms with Crippen molar-refractivity contribution in [3.63, 3.8) is 0 Å². The van der Waals surface area contributed by atoms with Gasteiger partial charge in [-0.3, -0.25) is 4.79 Å². The molecule has 0 unspecified atom stereocenters. The minimum absolute atomic E-state index is 0.137. The molecule has 0 bridgehead atoms. The summed E-state index contributed by atoms with van der Waals surface area (Å²) in [5, 5.41) is 10.3. The van der Waals surface area contributed by atoms with Crippen LogP contribution in [-0.4, -0.2) is 44.0 Å². The molecule has 0 aliphatic rings. The van der Waals surface area contributed by atoms with Crippen molar-refractivity contribution in [2.75, 3.05) is 27.9 Å². The van der Waals surface area contributed by atoms with Gasteiger partial charge in [0.15, 0.2) is 11.5 Å². The lowest BCUT2D eigenvalue weighted by Gasteiger charge is -2.14. The van der Waals surface area contributed by atoms with E-state index in [0.717, 1.165) is 16.5 Å². The Morgan fingerprint density at radius 3 is 2.25 bits per heavy atom. The highest BCUT2D eigenvalue weighted by Gasteiger charge is 2.20. The van der Waals surface area contributed by atoms with Crippen LogP contribution in [0.3, 0.4) is 0 Å². The van der Waals surface area contributed by atoms with Gasteiger partial charge in [0.2, 0.25) is 5.75 Å². The quantitative estimate of drug-likeness (QED) is 0.611. The molecule has 0 atom stereocenters. The number of nitrogens with one attached hydrogen (secondary N) is 1. The Kier molecular flexibility index (Phi) is 5.63. The zero-order valence-corrected chi connectivity index (χ0v) is 16.3. The van der Waals surface area contributed by atoms with Gasteiger partial charge >= 0.3 is 5.97 Å². The molecule has 0 aliphatic heterocycles. The number of benzene rings is 2. The van der Waals surface area contributed by atoms with E-state index in [9.17, 15) is 9.90 Å². The van der Waals surface area contributed by atoms with E-state index in [-0.39, 0.29) is 6.42 Å². The van der Waals surface area contributed by atoms with Crippen LogP contribution >= 0.6 is 0 Å². The topological polar surface area (TPSA) is 90.0 Å². The lowest BCUT2D eigenvalue weighted by Crippen LogP contribution is -2.02. The molecule has 0 amide bonds. The van der Waals surface area contributed by atoms with Gasteiger partial charge in [0.25, 0.3) is 0 Å². The van der Waals surface area contributed by atoms with Crippen LogP contribution in [0.2, 0.25) is 0 Å². The summed E-state index contributed by atoms with van der Waals surface area (Å²) in [5.74, 6) is 1.23. The number of carboxylic acids is 1. The average molecular weight is 385 g/mol. The SMILES string of the molecule is CCOc1ccc2[nH]c(-c3cc(OC)c(OC)c(OC)c3)c(CC(=O)O)c2c1. The van der Waals surface area contributed by atoms with E-state index in [1.807, 2.05) is 25.1 Å². The number of aromatic nitrogens is 1. The van der Waals surface area contributed by atoms with Crippen LogP contribution in [0, 0.1) is 0 Å². The highest BCUT2D eigenvalue weighted by Crippen LogP contribution is 2.43. The van der Waals surface area contributed by atoms with Crippen molar-refractivity contribution in [2.45, 2.75) is 13.3 Å². The number of H-pyrrole nitrogens is 1. The third kappa shape index (κ3) is 3.55. The van der Waals surface area contributed by atoms with Crippen LogP contribution in [0.15, 0.2) is 30.3 Å². The maximum absolute atomic E-state index is 11.5. The summed E-state index contributed by atoms with van der Waals surface area (Å²) >= 11 is 0. The summed E-state index contributed by atoms with van der Waals surface area (Å²) in [5.41, 5.74) is 2.91. The molecule has 3 aromatic rings. The summed E-state index contributed by atoms with van der Waals surface area (Å²) in [6, 6.07) is 9.18.